The van der Waals surface area contributed by atoms with Crippen LogP contribution in [-0.2, 0) is 26.5 Å². The molecule has 1 unspecified atom stereocenters. The number of carbonyl (C=O) groups excluding carboxylic acids is 2. The summed E-state index contributed by atoms with van der Waals surface area (Å²) in [6, 6.07) is 11.5. The van der Waals surface area contributed by atoms with Crippen LogP contribution in [0.15, 0.2) is 69.9 Å². The Morgan fingerprint density at radius 3 is 2.85 bits per heavy atom. The van der Waals surface area contributed by atoms with E-state index in [1.54, 1.807) is 13.2 Å². The molecule has 1 aromatic heterocycles. The first-order chi connectivity index (χ1) is 23.1. The van der Waals surface area contributed by atoms with Crippen LogP contribution in [0.3, 0.4) is 0 Å². The Bertz CT molecular complexity index is 1850. The van der Waals surface area contributed by atoms with Crippen molar-refractivity contribution in [2.24, 2.45) is 22.1 Å². The number of aromatic nitrogens is 1. The number of ether oxygens (including phenoxy) is 2. The number of halogens is 1. The third kappa shape index (κ3) is 6.52. The highest BCUT2D eigenvalue weighted by molar-refractivity contribution is 7.92. The van der Waals surface area contributed by atoms with Crippen molar-refractivity contribution in [1.82, 2.24) is 9.88 Å². The predicted octanol–water partition coefficient (Wildman–Crippen LogP) is 6.39. The fourth-order valence-electron chi connectivity index (χ4n) is 7.89. The second-order valence-electron chi connectivity index (χ2n) is 13.8. The molecule has 0 saturated heterocycles. The Kier molecular flexibility index (Phi) is 9.12. The molecule has 7 rings (SSSR count). The molecule has 2 aliphatic heterocycles. The number of methoxy groups -OCH3 is 1. The van der Waals surface area contributed by atoms with Crippen LogP contribution in [0.2, 0.25) is 5.02 Å². The first-order valence-corrected chi connectivity index (χ1v) is 18.7. The molecule has 2 aromatic carbocycles. The lowest BCUT2D eigenvalue weighted by Crippen LogP contribution is -2.49. The van der Waals surface area contributed by atoms with Crippen LogP contribution in [0.4, 0.5) is 5.69 Å². The van der Waals surface area contributed by atoms with Crippen molar-refractivity contribution in [1.29, 1.82) is 0 Å². The van der Waals surface area contributed by atoms with Crippen LogP contribution < -0.4 is 14.4 Å². The summed E-state index contributed by atoms with van der Waals surface area (Å²) in [6.45, 7) is 3.91. The number of benzene rings is 2. The number of rotatable bonds is 3. The number of nitrogens with zero attached hydrogens (tertiary/aromatic N) is 3. The third-order valence-corrected chi connectivity index (χ3v) is 12.7. The third-order valence-electron chi connectivity index (χ3n) is 10.5. The molecule has 3 aromatic rings. The zero-order chi connectivity index (χ0) is 33.5. The number of hydrogen-bond acceptors (Lipinski definition) is 8. The number of allylic oxidation sites excluding steroid dienone is 1. The van der Waals surface area contributed by atoms with Gasteiger partial charge in [-0.25, -0.2) is 4.21 Å². The van der Waals surface area contributed by atoms with Gasteiger partial charge in [-0.1, -0.05) is 41.9 Å². The standard InChI is InChI=1S/C36H41ClN4O6S/c1-23-5-3-7-32(45-2)29-11-8-26(29)18-41-21-36(14-4-6-24-15-28(37)10-12-30(24)36)22-46-33-13-9-25(16-31(33)41)34(42)39-48(44,20-23)40-35(43)27-17-38-47-19-27/h3,7,9-10,12-13,15-17,19,23,26,29,32H,4-6,8,11,14,18,20-22H2,1-2H3,(H,39,40,42,43,44)/b7-3-/t23-,26-,29+,32-,36-,48?/m0/s1. The van der Waals surface area contributed by atoms with Gasteiger partial charge in [0.2, 0.25) is 0 Å². The van der Waals surface area contributed by atoms with Crippen molar-refractivity contribution < 1.29 is 27.8 Å². The summed E-state index contributed by atoms with van der Waals surface area (Å²) >= 11 is 6.44. The second-order valence-corrected chi connectivity index (χ2v) is 16.2. The molecule has 48 heavy (non-hydrogen) atoms. The van der Waals surface area contributed by atoms with E-state index in [2.05, 4.69) is 43.4 Å². The highest BCUT2D eigenvalue weighted by atomic mass is 35.5. The quantitative estimate of drug-likeness (QED) is 0.313. The van der Waals surface area contributed by atoms with Crippen molar-refractivity contribution in [3.05, 3.63) is 88.3 Å². The fraction of sp³-hybridized carbons (Fsp3) is 0.472. The SMILES string of the molecule is CO[C@H]1/C=C\C[C@H](C)CS(=O)(NC(=O)c2cnoc2)=NC(=O)c2ccc3c(c2)N(C[C@@H]2CC[C@H]21)C[C@@]1(CCCc2cc(Cl)ccc21)CO3. The number of aryl methyl sites for hydroxylation is 1. The van der Waals surface area contributed by atoms with Gasteiger partial charge < -0.3 is 18.9 Å². The summed E-state index contributed by atoms with van der Waals surface area (Å²) in [5.41, 5.74) is 3.45. The van der Waals surface area contributed by atoms with Gasteiger partial charge in [0.1, 0.15) is 21.9 Å². The molecule has 1 spiro atoms. The molecular weight excluding hydrogens is 652 g/mol. The molecule has 1 saturated carbocycles. The van der Waals surface area contributed by atoms with Crippen LogP contribution in [0, 0.1) is 17.8 Å². The van der Waals surface area contributed by atoms with Crippen molar-refractivity contribution >= 4 is 39.0 Å². The molecule has 3 heterocycles. The number of carbonyl (C=O) groups is 2. The normalized spacial score (nSPS) is 30.9. The van der Waals surface area contributed by atoms with Gasteiger partial charge in [0.25, 0.3) is 11.8 Å². The molecule has 2 amide bonds. The average molecular weight is 693 g/mol. The minimum Gasteiger partial charge on any atom is -0.490 e. The molecule has 1 N–H and O–H groups in total. The van der Waals surface area contributed by atoms with Crippen molar-refractivity contribution in [3.8, 4) is 5.75 Å². The minimum absolute atomic E-state index is 0.0179. The highest BCUT2D eigenvalue weighted by Gasteiger charge is 2.44. The summed E-state index contributed by atoms with van der Waals surface area (Å²) in [4.78, 5) is 29.2. The molecule has 2 aliphatic carbocycles. The Morgan fingerprint density at radius 2 is 2.08 bits per heavy atom. The van der Waals surface area contributed by atoms with Crippen molar-refractivity contribution in [3.63, 3.8) is 0 Å². The molecule has 10 nitrogen and oxygen atoms in total. The van der Waals surface area contributed by atoms with Gasteiger partial charge in [-0.3, -0.25) is 14.3 Å². The lowest BCUT2D eigenvalue weighted by molar-refractivity contribution is 0.0131. The lowest BCUT2D eigenvalue weighted by atomic mass is 9.68. The van der Waals surface area contributed by atoms with Crippen LogP contribution in [0.5, 0.6) is 5.75 Å². The topological polar surface area (TPSA) is 123 Å². The second kappa shape index (κ2) is 13.3. The van der Waals surface area contributed by atoms with Gasteiger partial charge in [0.05, 0.1) is 35.9 Å². The number of fused-ring (bicyclic) bond motifs is 4. The first-order valence-electron chi connectivity index (χ1n) is 16.7. The minimum atomic E-state index is -3.53. The van der Waals surface area contributed by atoms with Gasteiger partial charge in [0, 0.05) is 36.2 Å². The van der Waals surface area contributed by atoms with Gasteiger partial charge in [0.15, 0.2) is 0 Å². The van der Waals surface area contributed by atoms with Crippen LogP contribution in [0.25, 0.3) is 0 Å². The zero-order valence-corrected chi connectivity index (χ0v) is 28.8. The van der Waals surface area contributed by atoms with E-state index < -0.39 is 21.7 Å². The monoisotopic (exact) mass is 692 g/mol. The Hall–Kier alpha value is -3.67. The highest BCUT2D eigenvalue weighted by Crippen LogP contribution is 2.47. The maximum atomic E-state index is 14.3. The molecule has 1 fully saturated rings. The maximum Gasteiger partial charge on any atom is 0.286 e. The summed E-state index contributed by atoms with van der Waals surface area (Å²) < 4.78 is 38.5. The largest absolute Gasteiger partial charge is 0.490 e. The average Bonchev–Trinajstić information content (AvgIpc) is 3.55. The van der Waals surface area contributed by atoms with Crippen LogP contribution >= 0.6 is 11.6 Å². The van der Waals surface area contributed by atoms with Crippen LogP contribution in [0.1, 0.15) is 70.9 Å². The van der Waals surface area contributed by atoms with E-state index in [4.69, 9.17) is 25.6 Å². The molecule has 0 radical (unpaired) electrons. The molecular formula is C36H41ClN4O6S. The van der Waals surface area contributed by atoms with E-state index in [1.807, 2.05) is 25.1 Å². The number of amides is 2. The fourth-order valence-corrected chi connectivity index (χ4v) is 9.97. The number of anilines is 1. The van der Waals surface area contributed by atoms with E-state index in [1.165, 1.54) is 17.3 Å². The smallest absolute Gasteiger partial charge is 0.286 e. The lowest BCUT2D eigenvalue weighted by Gasteiger charge is -2.46. The van der Waals surface area contributed by atoms with Gasteiger partial charge in [-0.05, 0) is 97.7 Å². The van der Waals surface area contributed by atoms with E-state index >= 15 is 0 Å². The van der Waals surface area contributed by atoms with E-state index in [0.717, 1.165) is 55.6 Å². The van der Waals surface area contributed by atoms with E-state index in [9.17, 15) is 13.8 Å². The van der Waals surface area contributed by atoms with Crippen molar-refractivity contribution in [2.75, 3.05) is 37.5 Å². The molecule has 254 valence electrons. The Labute approximate surface area is 286 Å². The summed E-state index contributed by atoms with van der Waals surface area (Å²) in [5, 5.41) is 4.31. The summed E-state index contributed by atoms with van der Waals surface area (Å²) in [7, 11) is -1.78. The summed E-state index contributed by atoms with van der Waals surface area (Å²) in [6.07, 6.45) is 12.2. The number of hydrogen-bond donors (Lipinski definition) is 1. The molecule has 6 atom stereocenters. The molecule has 2 bridgehead atoms. The van der Waals surface area contributed by atoms with Crippen molar-refractivity contribution in [2.45, 2.75) is 57.0 Å². The van der Waals surface area contributed by atoms with E-state index in [-0.39, 0.29) is 34.3 Å². The zero-order valence-electron chi connectivity index (χ0n) is 27.2. The molecule has 12 heteroatoms. The van der Waals surface area contributed by atoms with Gasteiger partial charge >= 0.3 is 0 Å². The van der Waals surface area contributed by atoms with Gasteiger partial charge in [-0.15, -0.1) is 4.36 Å². The predicted molar refractivity (Wildman–Crippen MR) is 184 cm³/mol. The maximum absolute atomic E-state index is 14.3. The van der Waals surface area contributed by atoms with Crippen LogP contribution in [-0.4, -0.2) is 59.8 Å². The Morgan fingerprint density at radius 1 is 1.21 bits per heavy atom. The Balaban J connectivity index is 1.31. The summed E-state index contributed by atoms with van der Waals surface area (Å²) in [5.74, 6) is -0.0995. The van der Waals surface area contributed by atoms with E-state index in [0.29, 0.717) is 37.2 Å². The first kappa shape index (κ1) is 32.9. The number of nitrogens with one attached hydrogen (secondary N) is 1. The van der Waals surface area contributed by atoms with Gasteiger partial charge in [-0.2, -0.15) is 0 Å². The molecule has 4 aliphatic rings.